The molecule has 2 amide bonds. The van der Waals surface area contributed by atoms with Crippen LogP contribution in [0.15, 0.2) is 71.1 Å². The van der Waals surface area contributed by atoms with Crippen molar-refractivity contribution in [2.75, 3.05) is 23.3 Å². The van der Waals surface area contributed by atoms with Gasteiger partial charge in [0.15, 0.2) is 0 Å². The average Bonchev–Trinajstić information content (AvgIpc) is 3.51. The summed E-state index contributed by atoms with van der Waals surface area (Å²) in [4.78, 5) is 27.1. The van der Waals surface area contributed by atoms with Crippen LogP contribution >= 0.6 is 0 Å². The van der Waals surface area contributed by atoms with Crippen molar-refractivity contribution in [1.29, 1.82) is 0 Å². The van der Waals surface area contributed by atoms with E-state index in [9.17, 15) is 9.59 Å². The first kappa shape index (κ1) is 22.6. The van der Waals surface area contributed by atoms with Gasteiger partial charge in [0.2, 0.25) is 11.8 Å². The normalized spacial score (nSPS) is 14.2. The van der Waals surface area contributed by atoms with Crippen LogP contribution in [-0.2, 0) is 16.0 Å². The summed E-state index contributed by atoms with van der Waals surface area (Å²) in [5, 5.41) is 5.87. The number of amides is 2. The SMILES string of the molecule is CC(CC(=O)Nc1cccc(N2CCCC2)c1)NC(=O)CCc1ccc(-c2ccccc2)o1. The maximum absolute atomic E-state index is 12.5. The minimum absolute atomic E-state index is 0.0935. The monoisotopic (exact) mass is 445 g/mol. The molecule has 1 aromatic heterocycles. The van der Waals surface area contributed by atoms with Gasteiger partial charge in [-0.15, -0.1) is 0 Å². The number of anilines is 2. The maximum Gasteiger partial charge on any atom is 0.226 e. The van der Waals surface area contributed by atoms with Crippen LogP contribution in [0.4, 0.5) is 11.4 Å². The van der Waals surface area contributed by atoms with Crippen molar-refractivity contribution in [2.45, 2.75) is 45.1 Å². The number of rotatable bonds is 9. The molecule has 6 nitrogen and oxygen atoms in total. The molecule has 33 heavy (non-hydrogen) atoms. The molecule has 3 aromatic rings. The van der Waals surface area contributed by atoms with E-state index >= 15 is 0 Å². The molecular formula is C27H31N3O3. The number of carbonyl (C=O) groups is 2. The third-order valence-electron chi connectivity index (χ3n) is 5.82. The summed E-state index contributed by atoms with van der Waals surface area (Å²) in [5.41, 5.74) is 2.94. The van der Waals surface area contributed by atoms with Gasteiger partial charge in [-0.25, -0.2) is 0 Å². The first-order chi connectivity index (χ1) is 16.1. The Morgan fingerprint density at radius 2 is 1.76 bits per heavy atom. The summed E-state index contributed by atoms with van der Waals surface area (Å²) in [5.74, 6) is 1.36. The molecule has 2 aromatic carbocycles. The second kappa shape index (κ2) is 10.9. The summed E-state index contributed by atoms with van der Waals surface area (Å²) < 4.78 is 5.85. The number of furan rings is 1. The van der Waals surface area contributed by atoms with Gasteiger partial charge in [-0.2, -0.15) is 0 Å². The van der Waals surface area contributed by atoms with Gasteiger partial charge in [0, 0.05) is 55.3 Å². The van der Waals surface area contributed by atoms with E-state index in [2.05, 4.69) is 21.6 Å². The zero-order chi connectivity index (χ0) is 23.0. The van der Waals surface area contributed by atoms with Gasteiger partial charge in [-0.1, -0.05) is 36.4 Å². The molecule has 0 spiro atoms. The molecule has 0 radical (unpaired) electrons. The third-order valence-corrected chi connectivity index (χ3v) is 5.82. The molecular weight excluding hydrogens is 414 g/mol. The Kier molecular flexibility index (Phi) is 7.45. The predicted octanol–water partition coefficient (Wildman–Crippen LogP) is 5.01. The highest BCUT2D eigenvalue weighted by atomic mass is 16.3. The Hall–Kier alpha value is -3.54. The van der Waals surface area contributed by atoms with Crippen molar-refractivity contribution in [3.8, 4) is 11.3 Å². The van der Waals surface area contributed by atoms with Gasteiger partial charge in [-0.05, 0) is 50.1 Å². The van der Waals surface area contributed by atoms with E-state index in [4.69, 9.17) is 4.42 Å². The van der Waals surface area contributed by atoms with E-state index < -0.39 is 0 Å². The number of nitrogens with zero attached hydrogens (tertiary/aromatic N) is 1. The van der Waals surface area contributed by atoms with Crippen LogP contribution in [0.3, 0.4) is 0 Å². The van der Waals surface area contributed by atoms with Crippen LogP contribution in [0.1, 0.15) is 38.4 Å². The zero-order valence-electron chi connectivity index (χ0n) is 19.0. The fourth-order valence-corrected chi connectivity index (χ4v) is 4.15. The van der Waals surface area contributed by atoms with Crippen molar-refractivity contribution < 1.29 is 14.0 Å². The Morgan fingerprint density at radius 3 is 2.55 bits per heavy atom. The Morgan fingerprint density at radius 1 is 0.970 bits per heavy atom. The van der Waals surface area contributed by atoms with Gasteiger partial charge in [0.1, 0.15) is 11.5 Å². The quantitative estimate of drug-likeness (QED) is 0.485. The minimum Gasteiger partial charge on any atom is -0.461 e. The van der Waals surface area contributed by atoms with Crippen LogP contribution in [0, 0.1) is 0 Å². The van der Waals surface area contributed by atoms with Crippen LogP contribution in [0.2, 0.25) is 0 Å². The lowest BCUT2D eigenvalue weighted by atomic mass is 10.2. The maximum atomic E-state index is 12.5. The fourth-order valence-electron chi connectivity index (χ4n) is 4.15. The molecule has 1 fully saturated rings. The average molecular weight is 446 g/mol. The molecule has 1 aliphatic rings. The van der Waals surface area contributed by atoms with Crippen molar-refractivity contribution in [2.24, 2.45) is 0 Å². The van der Waals surface area contributed by atoms with Crippen LogP contribution in [0.25, 0.3) is 11.3 Å². The van der Waals surface area contributed by atoms with Crippen LogP contribution in [0.5, 0.6) is 0 Å². The van der Waals surface area contributed by atoms with E-state index in [0.717, 1.165) is 41.5 Å². The Balaban J connectivity index is 1.20. The van der Waals surface area contributed by atoms with Gasteiger partial charge < -0.3 is 20.0 Å². The standard InChI is InChI=1S/C27H31N3O3/c1-20(18-27(32)29-22-10-7-11-23(19-22)30-16-5-6-17-30)28-26(31)15-13-24-12-14-25(33-24)21-8-3-2-4-9-21/h2-4,7-12,14,19-20H,5-6,13,15-18H2,1H3,(H,28,31)(H,29,32). The van der Waals surface area contributed by atoms with Gasteiger partial charge >= 0.3 is 0 Å². The molecule has 2 N–H and O–H groups in total. The molecule has 1 saturated heterocycles. The number of carbonyl (C=O) groups excluding carboxylic acids is 2. The Labute approximate surface area is 195 Å². The molecule has 2 heterocycles. The second-order valence-electron chi connectivity index (χ2n) is 8.60. The number of nitrogens with one attached hydrogen (secondary N) is 2. The fraction of sp³-hybridized carbons (Fsp3) is 0.333. The first-order valence-electron chi connectivity index (χ1n) is 11.7. The highest BCUT2D eigenvalue weighted by Gasteiger charge is 2.15. The summed E-state index contributed by atoms with van der Waals surface area (Å²) in [6, 6.07) is 21.4. The van der Waals surface area contributed by atoms with Crippen LogP contribution < -0.4 is 15.5 Å². The smallest absolute Gasteiger partial charge is 0.226 e. The summed E-state index contributed by atoms with van der Waals surface area (Å²) in [7, 11) is 0. The summed E-state index contributed by atoms with van der Waals surface area (Å²) in [6.45, 7) is 3.97. The van der Waals surface area contributed by atoms with E-state index in [1.807, 2.05) is 67.6 Å². The molecule has 1 aliphatic heterocycles. The zero-order valence-corrected chi connectivity index (χ0v) is 19.0. The van der Waals surface area contributed by atoms with Crippen molar-refractivity contribution in [3.05, 3.63) is 72.5 Å². The molecule has 172 valence electrons. The van der Waals surface area contributed by atoms with Gasteiger partial charge in [0.05, 0.1) is 0 Å². The summed E-state index contributed by atoms with van der Waals surface area (Å²) >= 11 is 0. The lowest BCUT2D eigenvalue weighted by molar-refractivity contribution is -0.122. The van der Waals surface area contributed by atoms with Gasteiger partial charge in [0.25, 0.3) is 0 Å². The number of hydrogen-bond donors (Lipinski definition) is 2. The topological polar surface area (TPSA) is 74.6 Å². The largest absolute Gasteiger partial charge is 0.461 e. The van der Waals surface area contributed by atoms with Crippen LogP contribution in [-0.4, -0.2) is 30.9 Å². The third kappa shape index (κ3) is 6.48. The number of aryl methyl sites for hydroxylation is 1. The number of benzene rings is 2. The van der Waals surface area contributed by atoms with Crippen molar-refractivity contribution in [3.63, 3.8) is 0 Å². The second-order valence-corrected chi connectivity index (χ2v) is 8.60. The van der Waals surface area contributed by atoms with Crippen molar-refractivity contribution in [1.82, 2.24) is 5.32 Å². The highest BCUT2D eigenvalue weighted by molar-refractivity contribution is 5.92. The Bertz CT molecular complexity index is 1070. The minimum atomic E-state index is -0.254. The van der Waals surface area contributed by atoms with E-state index in [1.165, 1.54) is 12.8 Å². The van der Waals surface area contributed by atoms with E-state index in [1.54, 1.807) is 0 Å². The summed E-state index contributed by atoms with van der Waals surface area (Å²) in [6.07, 6.45) is 3.47. The molecule has 4 rings (SSSR count). The highest BCUT2D eigenvalue weighted by Crippen LogP contribution is 2.24. The molecule has 1 unspecified atom stereocenters. The lowest BCUT2D eigenvalue weighted by Gasteiger charge is -2.19. The van der Waals surface area contributed by atoms with Gasteiger partial charge in [-0.3, -0.25) is 9.59 Å². The molecule has 0 bridgehead atoms. The molecule has 0 saturated carbocycles. The predicted molar refractivity (Wildman–Crippen MR) is 131 cm³/mol. The molecule has 1 atom stereocenters. The number of hydrogen-bond acceptors (Lipinski definition) is 4. The molecule has 6 heteroatoms. The lowest BCUT2D eigenvalue weighted by Crippen LogP contribution is -2.35. The van der Waals surface area contributed by atoms with Crippen molar-refractivity contribution >= 4 is 23.2 Å². The van der Waals surface area contributed by atoms with E-state index in [0.29, 0.717) is 12.8 Å². The first-order valence-corrected chi connectivity index (χ1v) is 11.7. The molecule has 0 aliphatic carbocycles. The van der Waals surface area contributed by atoms with E-state index in [-0.39, 0.29) is 24.3 Å².